The number of rotatable bonds is 2. The van der Waals surface area contributed by atoms with Crippen molar-refractivity contribution >= 4 is 17.6 Å². The molecule has 1 unspecified atom stereocenters. The molecule has 0 radical (unpaired) electrons. The lowest BCUT2D eigenvalue weighted by Crippen LogP contribution is -2.41. The number of likely N-dealkylation sites (tertiary alicyclic amines) is 1. The molecule has 0 aliphatic carbocycles. The van der Waals surface area contributed by atoms with E-state index >= 15 is 0 Å². The average Bonchev–Trinajstić information content (AvgIpc) is 2.84. The highest BCUT2D eigenvalue weighted by atomic mass is 19.1. The van der Waals surface area contributed by atoms with Gasteiger partial charge in [0.2, 0.25) is 0 Å². The highest BCUT2D eigenvalue weighted by Crippen LogP contribution is 2.22. The van der Waals surface area contributed by atoms with Crippen LogP contribution >= 0.6 is 0 Å². The molecule has 1 aromatic carbocycles. The Morgan fingerprint density at radius 2 is 2.16 bits per heavy atom. The molecule has 1 heterocycles. The summed E-state index contributed by atoms with van der Waals surface area (Å²) in [7, 11) is 1.28. The fourth-order valence-electron chi connectivity index (χ4n) is 2.29. The van der Waals surface area contributed by atoms with Gasteiger partial charge in [-0.15, -0.1) is 0 Å². The monoisotopic (exact) mass is 266 g/mol. The van der Waals surface area contributed by atoms with Crippen LogP contribution in [0.2, 0.25) is 0 Å². The minimum absolute atomic E-state index is 0.147. The Labute approximate surface area is 110 Å². The number of ether oxygens (including phenoxy) is 1. The van der Waals surface area contributed by atoms with Crippen LogP contribution in [0.25, 0.3) is 0 Å². The Bertz CT molecular complexity index is 498. The predicted octanol–water partition coefficient (Wildman–Crippen LogP) is 1.19. The van der Waals surface area contributed by atoms with E-state index in [1.54, 1.807) is 0 Å². The number of esters is 1. The van der Waals surface area contributed by atoms with Crippen molar-refractivity contribution in [2.24, 2.45) is 0 Å². The zero-order valence-corrected chi connectivity index (χ0v) is 10.6. The maximum atomic E-state index is 13.3. The maximum absolute atomic E-state index is 13.3. The molecule has 2 N–H and O–H groups in total. The molecule has 1 atom stereocenters. The number of methoxy groups -OCH3 is 1. The fraction of sp³-hybridized carbons (Fsp3) is 0.385. The second-order valence-corrected chi connectivity index (χ2v) is 4.45. The topological polar surface area (TPSA) is 72.6 Å². The van der Waals surface area contributed by atoms with Gasteiger partial charge in [-0.05, 0) is 31.0 Å². The van der Waals surface area contributed by atoms with Crippen LogP contribution in [0.3, 0.4) is 0 Å². The summed E-state index contributed by atoms with van der Waals surface area (Å²) in [6.07, 6.45) is 1.28. The standard InChI is InChI=1S/C13H15FN2O3/c1-19-13(18)11-3-2-4-16(11)12(17)8-5-9(14)7-10(15)6-8/h5-7,11H,2-4,15H2,1H3. The molecule has 6 heteroatoms. The highest BCUT2D eigenvalue weighted by molar-refractivity contribution is 5.97. The van der Waals surface area contributed by atoms with E-state index in [2.05, 4.69) is 4.74 Å². The number of amides is 1. The Morgan fingerprint density at radius 3 is 2.79 bits per heavy atom. The van der Waals surface area contributed by atoms with E-state index in [9.17, 15) is 14.0 Å². The number of nitrogens with two attached hydrogens (primary N) is 1. The molecule has 1 amide bonds. The summed E-state index contributed by atoms with van der Waals surface area (Å²) in [6.45, 7) is 0.453. The van der Waals surface area contributed by atoms with E-state index in [1.807, 2.05) is 0 Å². The van der Waals surface area contributed by atoms with Crippen molar-refractivity contribution in [2.45, 2.75) is 18.9 Å². The van der Waals surface area contributed by atoms with Gasteiger partial charge in [0, 0.05) is 17.8 Å². The molecular weight excluding hydrogens is 251 g/mol. The van der Waals surface area contributed by atoms with Crippen molar-refractivity contribution in [2.75, 3.05) is 19.4 Å². The first-order valence-corrected chi connectivity index (χ1v) is 5.98. The van der Waals surface area contributed by atoms with Crippen molar-refractivity contribution in [3.63, 3.8) is 0 Å². The molecule has 0 aromatic heterocycles. The first-order chi connectivity index (χ1) is 9.02. The van der Waals surface area contributed by atoms with Crippen LogP contribution in [0.1, 0.15) is 23.2 Å². The fourth-order valence-corrected chi connectivity index (χ4v) is 2.29. The van der Waals surface area contributed by atoms with E-state index in [0.29, 0.717) is 13.0 Å². The summed E-state index contributed by atoms with van der Waals surface area (Å²) < 4.78 is 17.9. The van der Waals surface area contributed by atoms with Gasteiger partial charge in [0.1, 0.15) is 11.9 Å². The molecule has 0 saturated carbocycles. The smallest absolute Gasteiger partial charge is 0.328 e. The maximum Gasteiger partial charge on any atom is 0.328 e. The molecule has 5 nitrogen and oxygen atoms in total. The Morgan fingerprint density at radius 1 is 1.42 bits per heavy atom. The molecule has 1 aliphatic rings. The quantitative estimate of drug-likeness (QED) is 0.644. The number of anilines is 1. The number of halogens is 1. The van der Waals surface area contributed by atoms with Gasteiger partial charge in [-0.25, -0.2) is 9.18 Å². The van der Waals surface area contributed by atoms with E-state index in [1.165, 1.54) is 18.1 Å². The largest absolute Gasteiger partial charge is 0.467 e. The van der Waals surface area contributed by atoms with Crippen molar-refractivity contribution < 1.29 is 18.7 Å². The molecular formula is C13H15FN2O3. The van der Waals surface area contributed by atoms with Gasteiger partial charge >= 0.3 is 5.97 Å². The van der Waals surface area contributed by atoms with Gasteiger partial charge in [-0.2, -0.15) is 0 Å². The third kappa shape index (κ3) is 2.67. The van der Waals surface area contributed by atoms with Gasteiger partial charge in [0.25, 0.3) is 5.91 Å². The van der Waals surface area contributed by atoms with Gasteiger partial charge in [0.15, 0.2) is 0 Å². The molecule has 0 spiro atoms. The summed E-state index contributed by atoms with van der Waals surface area (Å²) >= 11 is 0. The Kier molecular flexibility index (Phi) is 3.69. The third-order valence-corrected chi connectivity index (χ3v) is 3.15. The molecule has 1 aliphatic heterocycles. The number of benzene rings is 1. The molecule has 102 valence electrons. The van der Waals surface area contributed by atoms with Crippen molar-refractivity contribution in [3.05, 3.63) is 29.6 Å². The Balaban J connectivity index is 2.25. The second kappa shape index (κ2) is 5.26. The van der Waals surface area contributed by atoms with Crippen molar-refractivity contribution in [3.8, 4) is 0 Å². The SMILES string of the molecule is COC(=O)C1CCCN1C(=O)c1cc(N)cc(F)c1. The minimum Gasteiger partial charge on any atom is -0.467 e. The first kappa shape index (κ1) is 13.3. The van der Waals surface area contributed by atoms with Crippen LogP contribution in [0.15, 0.2) is 18.2 Å². The van der Waals surface area contributed by atoms with Crippen LogP contribution in [-0.4, -0.2) is 36.5 Å². The molecule has 1 aromatic rings. The first-order valence-electron chi connectivity index (χ1n) is 5.98. The van der Waals surface area contributed by atoms with E-state index in [-0.39, 0.29) is 11.3 Å². The van der Waals surface area contributed by atoms with E-state index in [4.69, 9.17) is 5.73 Å². The average molecular weight is 266 g/mol. The van der Waals surface area contributed by atoms with Crippen molar-refractivity contribution in [1.82, 2.24) is 4.90 Å². The number of hydrogen-bond donors (Lipinski definition) is 1. The number of carbonyl (C=O) groups excluding carboxylic acids is 2. The molecule has 19 heavy (non-hydrogen) atoms. The van der Waals surface area contributed by atoms with E-state index < -0.39 is 23.7 Å². The van der Waals surface area contributed by atoms with Crippen molar-refractivity contribution in [1.29, 1.82) is 0 Å². The number of nitrogen functional groups attached to an aromatic ring is 1. The van der Waals surface area contributed by atoms with Crippen LogP contribution in [0.4, 0.5) is 10.1 Å². The molecule has 0 bridgehead atoms. The molecule has 1 fully saturated rings. The normalized spacial score (nSPS) is 18.4. The number of nitrogens with zero attached hydrogens (tertiary/aromatic N) is 1. The van der Waals surface area contributed by atoms with Crippen LogP contribution in [-0.2, 0) is 9.53 Å². The number of hydrogen-bond acceptors (Lipinski definition) is 4. The predicted molar refractivity (Wildman–Crippen MR) is 66.9 cm³/mol. The van der Waals surface area contributed by atoms with Crippen LogP contribution < -0.4 is 5.73 Å². The lowest BCUT2D eigenvalue weighted by atomic mass is 10.1. The van der Waals surface area contributed by atoms with Gasteiger partial charge in [0.05, 0.1) is 7.11 Å². The third-order valence-electron chi connectivity index (χ3n) is 3.15. The zero-order chi connectivity index (χ0) is 14.0. The van der Waals surface area contributed by atoms with Crippen LogP contribution in [0, 0.1) is 5.82 Å². The number of carbonyl (C=O) groups is 2. The van der Waals surface area contributed by atoms with Gasteiger partial charge in [-0.3, -0.25) is 4.79 Å². The second-order valence-electron chi connectivity index (χ2n) is 4.45. The van der Waals surface area contributed by atoms with Gasteiger partial charge in [-0.1, -0.05) is 0 Å². The summed E-state index contributed by atoms with van der Waals surface area (Å²) in [6, 6.07) is 3.06. The summed E-state index contributed by atoms with van der Waals surface area (Å²) in [5.41, 5.74) is 5.84. The van der Waals surface area contributed by atoms with E-state index in [0.717, 1.165) is 18.6 Å². The summed E-state index contributed by atoms with van der Waals surface area (Å²) in [5.74, 6) is -1.42. The highest BCUT2D eigenvalue weighted by Gasteiger charge is 2.35. The summed E-state index contributed by atoms with van der Waals surface area (Å²) in [4.78, 5) is 25.3. The van der Waals surface area contributed by atoms with Crippen LogP contribution in [0.5, 0.6) is 0 Å². The lowest BCUT2D eigenvalue weighted by Gasteiger charge is -2.22. The lowest BCUT2D eigenvalue weighted by molar-refractivity contribution is -0.145. The summed E-state index contributed by atoms with van der Waals surface area (Å²) in [5, 5.41) is 0. The molecule has 1 saturated heterocycles. The molecule has 2 rings (SSSR count). The Hall–Kier alpha value is -2.11. The minimum atomic E-state index is -0.595. The zero-order valence-electron chi connectivity index (χ0n) is 10.6. The van der Waals surface area contributed by atoms with Gasteiger partial charge < -0.3 is 15.4 Å².